The minimum Gasteiger partial charge on any atom is -0.205 e. The first-order valence-corrected chi connectivity index (χ1v) is 7.82. The molecule has 0 spiro atoms. The van der Waals surface area contributed by atoms with E-state index in [4.69, 9.17) is 11.6 Å². The largest absolute Gasteiger partial charge is 0.205 e. The molecule has 0 atom stereocenters. The van der Waals surface area contributed by atoms with E-state index in [2.05, 4.69) is 15.9 Å². The van der Waals surface area contributed by atoms with Crippen molar-refractivity contribution < 1.29 is 8.78 Å². The van der Waals surface area contributed by atoms with Crippen molar-refractivity contribution in [2.24, 2.45) is 5.92 Å². The molecule has 1 aliphatic rings. The van der Waals surface area contributed by atoms with Gasteiger partial charge < -0.3 is 0 Å². The lowest BCUT2D eigenvalue weighted by Crippen LogP contribution is -2.14. The van der Waals surface area contributed by atoms with Crippen LogP contribution in [0.3, 0.4) is 0 Å². The van der Waals surface area contributed by atoms with Crippen LogP contribution < -0.4 is 0 Å². The molecule has 0 amide bonds. The molecule has 100 valence electrons. The van der Waals surface area contributed by atoms with E-state index >= 15 is 0 Å². The third-order valence-electron chi connectivity index (χ3n) is 3.84. The van der Waals surface area contributed by atoms with Gasteiger partial charge in [-0.2, -0.15) is 0 Å². The molecule has 0 aliphatic heterocycles. The Balaban J connectivity index is 2.05. The summed E-state index contributed by atoms with van der Waals surface area (Å²) in [5.74, 6) is -0.260. The van der Waals surface area contributed by atoms with Crippen molar-refractivity contribution in [2.45, 2.75) is 38.0 Å². The standard InChI is InChI=1S/C14H16BrClF2/c15-6-5-9-1-3-10(4-2-9)11-7-12(17)14(16)13(18)8-11/h7-10H,1-6H2/t9-,10-. The van der Waals surface area contributed by atoms with E-state index in [1.54, 1.807) is 0 Å². The van der Waals surface area contributed by atoms with Gasteiger partial charge in [-0.1, -0.05) is 27.5 Å². The van der Waals surface area contributed by atoms with Crippen LogP contribution in [-0.2, 0) is 0 Å². The molecular weight excluding hydrogens is 322 g/mol. The minimum absolute atomic E-state index is 0.276. The predicted molar refractivity (Wildman–Crippen MR) is 74.5 cm³/mol. The lowest BCUT2D eigenvalue weighted by molar-refractivity contribution is 0.320. The zero-order chi connectivity index (χ0) is 13.1. The normalized spacial score (nSPS) is 24.2. The van der Waals surface area contributed by atoms with Gasteiger partial charge in [0, 0.05) is 5.33 Å². The van der Waals surface area contributed by atoms with Crippen LogP contribution in [0.1, 0.15) is 43.6 Å². The van der Waals surface area contributed by atoms with Gasteiger partial charge in [0.1, 0.15) is 16.7 Å². The van der Waals surface area contributed by atoms with E-state index in [-0.39, 0.29) is 5.92 Å². The number of hydrogen-bond acceptors (Lipinski definition) is 0. The van der Waals surface area contributed by atoms with E-state index in [0.29, 0.717) is 0 Å². The fraction of sp³-hybridized carbons (Fsp3) is 0.571. The Bertz CT molecular complexity index is 391. The molecular formula is C14H16BrClF2. The lowest BCUT2D eigenvalue weighted by atomic mass is 9.78. The van der Waals surface area contributed by atoms with Crippen molar-refractivity contribution in [2.75, 3.05) is 5.33 Å². The number of alkyl halides is 1. The predicted octanol–water partition coefficient (Wildman–Crippen LogP) is 5.68. The third kappa shape index (κ3) is 3.24. The third-order valence-corrected chi connectivity index (χ3v) is 4.66. The smallest absolute Gasteiger partial charge is 0.145 e. The maximum atomic E-state index is 13.4. The fourth-order valence-corrected chi connectivity index (χ4v) is 3.51. The molecule has 0 nitrogen and oxygen atoms in total. The van der Waals surface area contributed by atoms with Gasteiger partial charge in [-0.05, 0) is 61.6 Å². The Morgan fingerprint density at radius 2 is 1.67 bits per heavy atom. The summed E-state index contributed by atoms with van der Waals surface area (Å²) < 4.78 is 26.8. The van der Waals surface area contributed by atoms with Crippen LogP contribution in [0.15, 0.2) is 12.1 Å². The maximum Gasteiger partial charge on any atom is 0.145 e. The molecule has 0 unspecified atom stereocenters. The second-order valence-electron chi connectivity index (χ2n) is 4.99. The molecule has 1 aliphatic carbocycles. The van der Waals surface area contributed by atoms with Crippen molar-refractivity contribution >= 4 is 27.5 Å². The summed E-state index contributed by atoms with van der Waals surface area (Å²) in [6.45, 7) is 0. The lowest BCUT2D eigenvalue weighted by Gasteiger charge is -2.28. The molecule has 0 saturated heterocycles. The van der Waals surface area contributed by atoms with E-state index in [0.717, 1.165) is 42.5 Å². The van der Waals surface area contributed by atoms with Gasteiger partial charge in [-0.15, -0.1) is 0 Å². The van der Waals surface area contributed by atoms with Gasteiger partial charge >= 0.3 is 0 Å². The monoisotopic (exact) mass is 336 g/mol. The average molecular weight is 338 g/mol. The Hall–Kier alpha value is -0.150. The molecule has 1 aromatic carbocycles. The minimum atomic E-state index is -0.644. The molecule has 2 rings (SSSR count). The summed E-state index contributed by atoms with van der Waals surface area (Å²) in [5.41, 5.74) is 0.756. The van der Waals surface area contributed by atoms with E-state index in [1.807, 2.05) is 0 Å². The highest BCUT2D eigenvalue weighted by molar-refractivity contribution is 9.09. The van der Waals surface area contributed by atoms with Gasteiger partial charge in [0.25, 0.3) is 0 Å². The number of hydrogen-bond donors (Lipinski definition) is 0. The molecule has 1 aromatic rings. The van der Waals surface area contributed by atoms with Crippen LogP contribution >= 0.6 is 27.5 Å². The second-order valence-corrected chi connectivity index (χ2v) is 6.16. The van der Waals surface area contributed by atoms with Crippen LogP contribution in [0.25, 0.3) is 0 Å². The highest BCUT2D eigenvalue weighted by Crippen LogP contribution is 2.38. The molecule has 1 fully saturated rings. The summed E-state index contributed by atoms with van der Waals surface area (Å²) in [4.78, 5) is 0. The first-order valence-electron chi connectivity index (χ1n) is 6.32. The molecule has 0 radical (unpaired) electrons. The summed E-state index contributed by atoms with van der Waals surface area (Å²) in [7, 11) is 0. The second kappa shape index (κ2) is 6.33. The average Bonchev–Trinajstić information content (AvgIpc) is 2.37. The zero-order valence-electron chi connectivity index (χ0n) is 10.1. The molecule has 18 heavy (non-hydrogen) atoms. The van der Waals surface area contributed by atoms with Crippen LogP contribution in [0.5, 0.6) is 0 Å². The Morgan fingerprint density at radius 1 is 1.11 bits per heavy atom. The zero-order valence-corrected chi connectivity index (χ0v) is 12.4. The maximum absolute atomic E-state index is 13.4. The van der Waals surface area contributed by atoms with E-state index in [9.17, 15) is 8.78 Å². The van der Waals surface area contributed by atoms with Crippen molar-refractivity contribution in [3.05, 3.63) is 34.4 Å². The van der Waals surface area contributed by atoms with Gasteiger partial charge in [-0.3, -0.25) is 0 Å². The Kier molecular flexibility index (Phi) is 5.02. The number of halogens is 4. The Labute approximate surface area is 120 Å². The Morgan fingerprint density at radius 3 is 2.17 bits per heavy atom. The number of benzene rings is 1. The highest BCUT2D eigenvalue weighted by Gasteiger charge is 2.23. The van der Waals surface area contributed by atoms with Crippen LogP contribution in [0, 0.1) is 17.6 Å². The molecule has 4 heteroatoms. The van der Waals surface area contributed by atoms with E-state index < -0.39 is 16.7 Å². The van der Waals surface area contributed by atoms with Crippen molar-refractivity contribution in [3.63, 3.8) is 0 Å². The molecule has 0 bridgehead atoms. The molecule has 0 N–H and O–H groups in total. The summed E-state index contributed by atoms with van der Waals surface area (Å²) in [6.07, 6.45) is 5.50. The molecule has 1 saturated carbocycles. The van der Waals surface area contributed by atoms with Gasteiger partial charge in [0.15, 0.2) is 0 Å². The van der Waals surface area contributed by atoms with Crippen molar-refractivity contribution in [1.29, 1.82) is 0 Å². The van der Waals surface area contributed by atoms with Gasteiger partial charge in [-0.25, -0.2) is 8.78 Å². The first kappa shape index (κ1) is 14.3. The van der Waals surface area contributed by atoms with E-state index in [1.165, 1.54) is 18.6 Å². The van der Waals surface area contributed by atoms with Crippen molar-refractivity contribution in [1.82, 2.24) is 0 Å². The summed E-state index contributed by atoms with van der Waals surface area (Å²) in [5, 5.41) is 0.638. The molecule has 0 aromatic heterocycles. The van der Waals surface area contributed by atoms with Crippen molar-refractivity contribution in [3.8, 4) is 0 Å². The SMILES string of the molecule is Fc1cc([C@H]2CC[C@H](CCBr)CC2)cc(F)c1Cl. The highest BCUT2D eigenvalue weighted by atomic mass is 79.9. The van der Waals surface area contributed by atoms with Crippen LogP contribution in [0.2, 0.25) is 5.02 Å². The molecule has 0 heterocycles. The summed E-state index contributed by atoms with van der Waals surface area (Å²) >= 11 is 8.96. The van der Waals surface area contributed by atoms with Gasteiger partial charge in [0.2, 0.25) is 0 Å². The quantitative estimate of drug-likeness (QED) is 0.492. The van der Waals surface area contributed by atoms with Crippen LogP contribution in [-0.4, -0.2) is 5.33 Å². The number of rotatable bonds is 3. The first-order chi connectivity index (χ1) is 8.61. The van der Waals surface area contributed by atoms with Gasteiger partial charge in [0.05, 0.1) is 0 Å². The van der Waals surface area contributed by atoms with Crippen LogP contribution in [0.4, 0.5) is 8.78 Å². The summed E-state index contributed by atoms with van der Waals surface area (Å²) in [6, 6.07) is 2.78. The topological polar surface area (TPSA) is 0 Å². The fourth-order valence-electron chi connectivity index (χ4n) is 2.75.